The fraction of sp³-hybridized carbons (Fsp3) is 0.158. The van der Waals surface area contributed by atoms with Crippen LogP contribution in [0.4, 0.5) is 4.39 Å². The van der Waals surface area contributed by atoms with Gasteiger partial charge in [-0.25, -0.2) is 4.39 Å². The molecule has 9 heteroatoms. The maximum atomic E-state index is 13.7. The van der Waals surface area contributed by atoms with Gasteiger partial charge in [0.2, 0.25) is 5.82 Å². The van der Waals surface area contributed by atoms with Crippen LogP contribution in [0.2, 0.25) is 0 Å². The van der Waals surface area contributed by atoms with Crippen molar-refractivity contribution in [3.8, 4) is 17.1 Å². The van der Waals surface area contributed by atoms with Crippen LogP contribution < -0.4 is 15.4 Å². The molecule has 0 aliphatic rings. The molecule has 0 saturated carbocycles. The number of benzene rings is 2. The van der Waals surface area contributed by atoms with Gasteiger partial charge >= 0.3 is 11.8 Å². The van der Waals surface area contributed by atoms with Crippen LogP contribution in [-0.2, 0) is 4.79 Å². The van der Waals surface area contributed by atoms with Gasteiger partial charge in [0.1, 0.15) is 11.6 Å². The average molecular weight is 384 g/mol. The summed E-state index contributed by atoms with van der Waals surface area (Å²) in [5, 5.41) is 8.73. The molecule has 2 aromatic carbocycles. The summed E-state index contributed by atoms with van der Waals surface area (Å²) < 4.78 is 23.9. The van der Waals surface area contributed by atoms with Gasteiger partial charge in [-0.15, -0.1) is 0 Å². The normalized spacial score (nSPS) is 10.3. The number of halogens is 1. The molecule has 8 nitrogen and oxygen atoms in total. The molecule has 0 saturated heterocycles. The number of amides is 2. The summed E-state index contributed by atoms with van der Waals surface area (Å²) in [5.41, 5.74) is 0.135. The molecule has 0 atom stereocenters. The van der Waals surface area contributed by atoms with E-state index in [1.54, 1.807) is 30.3 Å². The van der Waals surface area contributed by atoms with Crippen molar-refractivity contribution in [3.05, 3.63) is 66.3 Å². The second-order valence-electron chi connectivity index (χ2n) is 5.61. The number of carbonyl (C=O) groups excluding carboxylic acids is 2. The highest BCUT2D eigenvalue weighted by molar-refractivity contribution is 5.89. The molecule has 0 bridgehead atoms. The number of rotatable bonds is 8. The summed E-state index contributed by atoms with van der Waals surface area (Å²) in [4.78, 5) is 27.6. The van der Waals surface area contributed by atoms with Crippen molar-refractivity contribution in [2.24, 2.45) is 0 Å². The zero-order valence-corrected chi connectivity index (χ0v) is 14.7. The minimum absolute atomic E-state index is 0.0189. The summed E-state index contributed by atoms with van der Waals surface area (Å²) >= 11 is 0. The Morgan fingerprint density at radius 1 is 1.00 bits per heavy atom. The van der Waals surface area contributed by atoms with Crippen molar-refractivity contribution in [1.29, 1.82) is 0 Å². The minimum Gasteiger partial charge on any atom is -0.484 e. The highest BCUT2D eigenvalue weighted by Gasteiger charge is 2.17. The summed E-state index contributed by atoms with van der Waals surface area (Å²) in [6.07, 6.45) is 0. The first-order valence-corrected chi connectivity index (χ1v) is 8.45. The van der Waals surface area contributed by atoms with Crippen molar-refractivity contribution in [3.63, 3.8) is 0 Å². The predicted octanol–water partition coefficient (Wildman–Crippen LogP) is 1.80. The Morgan fingerprint density at radius 3 is 2.50 bits per heavy atom. The molecule has 0 spiro atoms. The molecule has 2 amide bonds. The predicted molar refractivity (Wildman–Crippen MR) is 97.0 cm³/mol. The Hall–Kier alpha value is -3.75. The van der Waals surface area contributed by atoms with Crippen molar-refractivity contribution >= 4 is 11.8 Å². The lowest BCUT2D eigenvalue weighted by Gasteiger charge is -2.07. The van der Waals surface area contributed by atoms with E-state index in [1.165, 1.54) is 18.2 Å². The Balaban J connectivity index is 1.40. The molecule has 3 aromatic rings. The van der Waals surface area contributed by atoms with E-state index in [0.29, 0.717) is 5.75 Å². The van der Waals surface area contributed by atoms with Crippen LogP contribution in [0.3, 0.4) is 0 Å². The standard InChI is InChI=1S/C19H17FN4O4/c20-15-9-5-4-8-14(15)17-23-19(28-24-17)18(26)22-11-10-21-16(25)12-27-13-6-2-1-3-7-13/h1-9H,10-12H2,(H,21,25)(H,22,26). The Bertz CT molecular complexity index is 946. The topological polar surface area (TPSA) is 106 Å². The second-order valence-corrected chi connectivity index (χ2v) is 5.61. The van der Waals surface area contributed by atoms with E-state index in [-0.39, 0.29) is 42.9 Å². The fourth-order valence-electron chi connectivity index (χ4n) is 2.24. The molecule has 1 aromatic heterocycles. The Morgan fingerprint density at radius 2 is 1.71 bits per heavy atom. The molecule has 28 heavy (non-hydrogen) atoms. The maximum Gasteiger partial charge on any atom is 0.316 e. The molecule has 0 radical (unpaired) electrons. The molecule has 0 fully saturated rings. The van der Waals surface area contributed by atoms with Gasteiger partial charge in [0, 0.05) is 13.1 Å². The molecule has 2 N–H and O–H groups in total. The second kappa shape index (κ2) is 9.26. The lowest BCUT2D eigenvalue weighted by molar-refractivity contribution is -0.123. The quantitative estimate of drug-likeness (QED) is 0.574. The number of para-hydroxylation sites is 1. The van der Waals surface area contributed by atoms with Crippen molar-refractivity contribution < 1.29 is 23.2 Å². The van der Waals surface area contributed by atoms with E-state index >= 15 is 0 Å². The largest absolute Gasteiger partial charge is 0.484 e. The SMILES string of the molecule is O=C(COc1ccccc1)NCCNC(=O)c1nc(-c2ccccc2F)no1. The zero-order valence-electron chi connectivity index (χ0n) is 14.7. The number of hydrogen-bond donors (Lipinski definition) is 2. The summed E-state index contributed by atoms with van der Waals surface area (Å²) in [6, 6.07) is 14.8. The third kappa shape index (κ3) is 5.13. The summed E-state index contributed by atoms with van der Waals surface area (Å²) in [5.74, 6) is -1.18. The van der Waals surface area contributed by atoms with E-state index < -0.39 is 11.7 Å². The summed E-state index contributed by atoms with van der Waals surface area (Å²) in [7, 11) is 0. The summed E-state index contributed by atoms with van der Waals surface area (Å²) in [6.45, 7) is 0.206. The van der Waals surface area contributed by atoms with E-state index in [4.69, 9.17) is 9.26 Å². The number of aromatic nitrogens is 2. The zero-order chi connectivity index (χ0) is 19.8. The Kier molecular flexibility index (Phi) is 6.29. The average Bonchev–Trinajstić information content (AvgIpc) is 3.21. The molecule has 0 aliphatic heterocycles. The molecule has 1 heterocycles. The first kappa shape index (κ1) is 19.0. The molecule has 0 aliphatic carbocycles. The van der Waals surface area contributed by atoms with Crippen molar-refractivity contribution in [1.82, 2.24) is 20.8 Å². The van der Waals surface area contributed by atoms with Crippen LogP contribution in [-0.4, -0.2) is 41.7 Å². The van der Waals surface area contributed by atoms with Gasteiger partial charge in [-0.1, -0.05) is 35.5 Å². The van der Waals surface area contributed by atoms with Gasteiger partial charge in [-0.2, -0.15) is 4.98 Å². The third-order valence-electron chi connectivity index (χ3n) is 3.58. The third-order valence-corrected chi connectivity index (χ3v) is 3.58. The van der Waals surface area contributed by atoms with Crippen LogP contribution in [0.1, 0.15) is 10.7 Å². The van der Waals surface area contributed by atoms with Gasteiger partial charge < -0.3 is 19.9 Å². The van der Waals surface area contributed by atoms with E-state index in [2.05, 4.69) is 20.8 Å². The Labute approximate surface area is 159 Å². The first-order valence-electron chi connectivity index (χ1n) is 8.45. The van der Waals surface area contributed by atoms with Gasteiger partial charge in [0.05, 0.1) is 5.56 Å². The van der Waals surface area contributed by atoms with E-state index in [9.17, 15) is 14.0 Å². The van der Waals surface area contributed by atoms with Crippen LogP contribution in [0, 0.1) is 5.82 Å². The number of nitrogens with one attached hydrogen (secondary N) is 2. The molecule has 144 valence electrons. The lowest BCUT2D eigenvalue weighted by atomic mass is 10.2. The number of hydrogen-bond acceptors (Lipinski definition) is 6. The number of carbonyl (C=O) groups is 2. The number of nitrogens with zero attached hydrogens (tertiary/aromatic N) is 2. The van der Waals surface area contributed by atoms with Gasteiger partial charge in [-0.05, 0) is 24.3 Å². The van der Waals surface area contributed by atoms with E-state index in [1.807, 2.05) is 6.07 Å². The monoisotopic (exact) mass is 384 g/mol. The smallest absolute Gasteiger partial charge is 0.316 e. The highest BCUT2D eigenvalue weighted by atomic mass is 19.1. The van der Waals surface area contributed by atoms with Crippen molar-refractivity contribution in [2.75, 3.05) is 19.7 Å². The maximum absolute atomic E-state index is 13.7. The first-order chi connectivity index (χ1) is 13.6. The van der Waals surface area contributed by atoms with Crippen LogP contribution in [0.25, 0.3) is 11.4 Å². The van der Waals surface area contributed by atoms with Gasteiger partial charge in [-0.3, -0.25) is 9.59 Å². The molecular formula is C19H17FN4O4. The van der Waals surface area contributed by atoms with Crippen molar-refractivity contribution in [2.45, 2.75) is 0 Å². The van der Waals surface area contributed by atoms with Crippen LogP contribution >= 0.6 is 0 Å². The fourth-order valence-corrected chi connectivity index (χ4v) is 2.24. The van der Waals surface area contributed by atoms with Gasteiger partial charge in [0.15, 0.2) is 6.61 Å². The van der Waals surface area contributed by atoms with E-state index in [0.717, 1.165) is 0 Å². The minimum atomic E-state index is -0.620. The molecular weight excluding hydrogens is 367 g/mol. The van der Waals surface area contributed by atoms with Crippen LogP contribution in [0.15, 0.2) is 59.1 Å². The lowest BCUT2D eigenvalue weighted by Crippen LogP contribution is -2.36. The number of ether oxygens (including phenoxy) is 1. The van der Waals surface area contributed by atoms with Gasteiger partial charge in [0.25, 0.3) is 5.91 Å². The molecule has 0 unspecified atom stereocenters. The van der Waals surface area contributed by atoms with Crippen LogP contribution in [0.5, 0.6) is 5.75 Å². The highest BCUT2D eigenvalue weighted by Crippen LogP contribution is 2.18. The molecule has 3 rings (SSSR count).